The Balaban J connectivity index is 1.32. The lowest BCUT2D eigenvalue weighted by atomic mass is 9.60. The number of aromatic nitrogens is 1. The number of nitrogens with one attached hydrogen (secondary N) is 2. The summed E-state index contributed by atoms with van der Waals surface area (Å²) in [7, 11) is 0. The van der Waals surface area contributed by atoms with E-state index in [0.717, 1.165) is 25.0 Å². The quantitative estimate of drug-likeness (QED) is 0.842. The molecule has 3 aliphatic carbocycles. The van der Waals surface area contributed by atoms with Crippen LogP contribution in [0.2, 0.25) is 0 Å². The van der Waals surface area contributed by atoms with Gasteiger partial charge < -0.3 is 15.4 Å². The number of para-hydroxylation sites is 1. The van der Waals surface area contributed by atoms with Crippen molar-refractivity contribution >= 4 is 11.8 Å². The zero-order valence-electron chi connectivity index (χ0n) is 16.4. The molecule has 2 bridgehead atoms. The van der Waals surface area contributed by atoms with Crippen molar-refractivity contribution in [2.45, 2.75) is 44.4 Å². The van der Waals surface area contributed by atoms with Crippen molar-refractivity contribution in [1.29, 1.82) is 0 Å². The molecular weight excluding hydrogens is 366 g/mol. The van der Waals surface area contributed by atoms with Crippen molar-refractivity contribution in [2.75, 3.05) is 0 Å². The standard InChI is InChI=1S/C23H25N3O3/c1-14(19-7-4-5-11-24-19)25-21(27)18-12-16-10-9-15(18)13-23(16)26-22(28)17-6-2-3-8-20(17)29-23/h2-8,11,14-16,18H,9-10,12-13H2,1H3,(H,25,27)(H,26,28)/t14-,15-,16+,18+,23+/m1/s1. The minimum Gasteiger partial charge on any atom is -0.467 e. The van der Waals surface area contributed by atoms with Crippen molar-refractivity contribution in [3.05, 3.63) is 59.9 Å². The van der Waals surface area contributed by atoms with Gasteiger partial charge in [-0.3, -0.25) is 14.6 Å². The third-order valence-corrected chi connectivity index (χ3v) is 6.79. The van der Waals surface area contributed by atoms with E-state index in [1.165, 1.54) is 0 Å². The lowest BCUT2D eigenvalue weighted by Gasteiger charge is -2.55. The molecule has 6 rings (SSSR count). The lowest BCUT2D eigenvalue weighted by molar-refractivity contribution is -0.147. The summed E-state index contributed by atoms with van der Waals surface area (Å²) in [5.41, 5.74) is 0.758. The highest BCUT2D eigenvalue weighted by Crippen LogP contribution is 2.52. The van der Waals surface area contributed by atoms with Gasteiger partial charge in [-0.2, -0.15) is 0 Å². The van der Waals surface area contributed by atoms with Crippen molar-refractivity contribution < 1.29 is 14.3 Å². The minimum atomic E-state index is -0.683. The van der Waals surface area contributed by atoms with Crippen LogP contribution in [0.4, 0.5) is 0 Å². The number of benzene rings is 1. The highest BCUT2D eigenvalue weighted by Gasteiger charge is 2.57. The van der Waals surface area contributed by atoms with Gasteiger partial charge in [0.25, 0.3) is 5.91 Å². The van der Waals surface area contributed by atoms with E-state index in [0.29, 0.717) is 17.7 Å². The van der Waals surface area contributed by atoms with E-state index in [1.54, 1.807) is 12.3 Å². The number of carbonyl (C=O) groups excluding carboxylic acids is 2. The second-order valence-electron chi connectivity index (χ2n) is 8.51. The topological polar surface area (TPSA) is 80.3 Å². The fourth-order valence-corrected chi connectivity index (χ4v) is 5.31. The third kappa shape index (κ3) is 3.07. The molecule has 2 aromatic rings. The summed E-state index contributed by atoms with van der Waals surface area (Å²) in [6.07, 6.45) is 5.10. The van der Waals surface area contributed by atoms with Crippen LogP contribution in [0.3, 0.4) is 0 Å². The highest BCUT2D eigenvalue weighted by atomic mass is 16.5. The maximum absolute atomic E-state index is 13.0. The summed E-state index contributed by atoms with van der Waals surface area (Å²) in [5, 5.41) is 6.28. The Labute approximate surface area is 170 Å². The monoisotopic (exact) mass is 391 g/mol. The largest absolute Gasteiger partial charge is 0.467 e. The fourth-order valence-electron chi connectivity index (χ4n) is 5.31. The summed E-state index contributed by atoms with van der Waals surface area (Å²) < 4.78 is 6.37. The molecule has 0 unspecified atom stereocenters. The summed E-state index contributed by atoms with van der Waals surface area (Å²) in [4.78, 5) is 30.1. The van der Waals surface area contributed by atoms with E-state index >= 15 is 0 Å². The number of nitrogens with zero attached hydrogens (tertiary/aromatic N) is 1. The minimum absolute atomic E-state index is 0.0526. The van der Waals surface area contributed by atoms with Gasteiger partial charge in [0, 0.05) is 24.5 Å². The molecule has 1 spiro atoms. The van der Waals surface area contributed by atoms with Crippen molar-refractivity contribution in [1.82, 2.24) is 15.6 Å². The van der Waals surface area contributed by atoms with Gasteiger partial charge in [0.2, 0.25) is 5.91 Å². The number of ether oxygens (including phenoxy) is 1. The zero-order chi connectivity index (χ0) is 20.0. The smallest absolute Gasteiger partial charge is 0.258 e. The molecule has 3 saturated carbocycles. The number of carbonyl (C=O) groups is 2. The van der Waals surface area contributed by atoms with Gasteiger partial charge in [-0.05, 0) is 56.4 Å². The molecule has 0 radical (unpaired) electrons. The second-order valence-corrected chi connectivity index (χ2v) is 8.51. The highest BCUT2D eigenvalue weighted by molar-refractivity contribution is 5.98. The number of fused-ring (bicyclic) bond motifs is 3. The van der Waals surface area contributed by atoms with Gasteiger partial charge in [0.05, 0.1) is 17.3 Å². The van der Waals surface area contributed by atoms with E-state index in [1.807, 2.05) is 43.3 Å². The van der Waals surface area contributed by atoms with E-state index in [-0.39, 0.29) is 35.6 Å². The molecule has 1 aromatic heterocycles. The molecule has 2 heterocycles. The summed E-state index contributed by atoms with van der Waals surface area (Å²) >= 11 is 0. The van der Waals surface area contributed by atoms with Crippen molar-refractivity contribution in [3.8, 4) is 5.75 Å². The Morgan fingerprint density at radius 1 is 1.24 bits per heavy atom. The number of hydrogen-bond donors (Lipinski definition) is 2. The van der Waals surface area contributed by atoms with Gasteiger partial charge in [-0.25, -0.2) is 0 Å². The average molecular weight is 391 g/mol. The van der Waals surface area contributed by atoms with Crippen LogP contribution < -0.4 is 15.4 Å². The van der Waals surface area contributed by atoms with Gasteiger partial charge in [0.1, 0.15) is 5.75 Å². The number of pyridine rings is 1. The van der Waals surface area contributed by atoms with Crippen LogP contribution in [-0.2, 0) is 4.79 Å². The lowest BCUT2D eigenvalue weighted by Crippen LogP contribution is -2.67. The first-order valence-corrected chi connectivity index (χ1v) is 10.4. The van der Waals surface area contributed by atoms with Gasteiger partial charge in [-0.1, -0.05) is 18.2 Å². The molecule has 4 aliphatic rings. The maximum Gasteiger partial charge on any atom is 0.258 e. The molecule has 29 heavy (non-hydrogen) atoms. The molecule has 2 amide bonds. The first-order valence-electron chi connectivity index (χ1n) is 10.4. The Bertz CT molecular complexity index is 947. The Hall–Kier alpha value is -2.89. The van der Waals surface area contributed by atoms with E-state index < -0.39 is 5.72 Å². The van der Waals surface area contributed by atoms with Crippen LogP contribution in [0.1, 0.15) is 54.7 Å². The fraction of sp³-hybridized carbons (Fsp3) is 0.435. The SMILES string of the molecule is C[C@@H](NC(=O)[C@H]1C[C@@H]2CC[C@@H]1C[C@@]21NC(=O)c2ccccc2O1)c1ccccn1. The molecular formula is C23H25N3O3. The van der Waals surface area contributed by atoms with Crippen molar-refractivity contribution in [3.63, 3.8) is 0 Å². The van der Waals surface area contributed by atoms with Crippen LogP contribution in [0, 0.1) is 17.8 Å². The number of rotatable bonds is 3. The van der Waals surface area contributed by atoms with Gasteiger partial charge >= 0.3 is 0 Å². The summed E-state index contributed by atoms with van der Waals surface area (Å²) in [6.45, 7) is 1.96. The normalized spacial score (nSPS) is 30.8. The summed E-state index contributed by atoms with van der Waals surface area (Å²) in [5.74, 6) is 0.920. The van der Waals surface area contributed by atoms with Crippen LogP contribution >= 0.6 is 0 Å². The Kier molecular flexibility index (Phi) is 4.30. The van der Waals surface area contributed by atoms with Crippen molar-refractivity contribution in [2.24, 2.45) is 17.8 Å². The van der Waals surface area contributed by atoms with Crippen LogP contribution in [-0.4, -0.2) is 22.5 Å². The van der Waals surface area contributed by atoms with Crippen LogP contribution in [0.5, 0.6) is 5.75 Å². The maximum atomic E-state index is 13.0. The van der Waals surface area contributed by atoms with Crippen LogP contribution in [0.15, 0.2) is 48.7 Å². The predicted octanol–water partition coefficient (Wildman–Crippen LogP) is 3.21. The second kappa shape index (κ2) is 6.87. The van der Waals surface area contributed by atoms with Gasteiger partial charge in [0.15, 0.2) is 5.72 Å². The molecule has 2 N–H and O–H groups in total. The number of amides is 2. The molecule has 1 aliphatic heterocycles. The molecule has 150 valence electrons. The first kappa shape index (κ1) is 18.2. The number of hydrogen-bond acceptors (Lipinski definition) is 4. The molecule has 3 fully saturated rings. The molecule has 1 aromatic carbocycles. The first-order chi connectivity index (χ1) is 14.1. The Morgan fingerprint density at radius 3 is 2.83 bits per heavy atom. The molecule has 5 atom stereocenters. The predicted molar refractivity (Wildman–Crippen MR) is 107 cm³/mol. The van der Waals surface area contributed by atoms with Crippen LogP contribution in [0.25, 0.3) is 0 Å². The molecule has 0 saturated heterocycles. The van der Waals surface area contributed by atoms with E-state index in [4.69, 9.17) is 4.74 Å². The third-order valence-electron chi connectivity index (χ3n) is 6.79. The van der Waals surface area contributed by atoms with Gasteiger partial charge in [-0.15, -0.1) is 0 Å². The van der Waals surface area contributed by atoms with E-state index in [2.05, 4.69) is 15.6 Å². The molecule has 6 nitrogen and oxygen atoms in total. The summed E-state index contributed by atoms with van der Waals surface area (Å²) in [6, 6.07) is 13.0. The van der Waals surface area contributed by atoms with E-state index in [9.17, 15) is 9.59 Å². The molecule has 6 heteroatoms. The Morgan fingerprint density at radius 2 is 2.07 bits per heavy atom. The average Bonchev–Trinajstić information content (AvgIpc) is 2.74. The zero-order valence-corrected chi connectivity index (χ0v) is 16.4.